The molecule has 20 heavy (non-hydrogen) atoms. The number of rotatable bonds is 3. The quantitative estimate of drug-likeness (QED) is 0.891. The lowest BCUT2D eigenvalue weighted by Gasteiger charge is -2.22. The molecule has 7 heteroatoms. The van der Waals surface area contributed by atoms with Crippen molar-refractivity contribution in [2.75, 3.05) is 19.7 Å². The van der Waals surface area contributed by atoms with Crippen molar-refractivity contribution in [2.45, 2.75) is 18.2 Å². The number of aliphatic hydroxyl groups is 1. The summed E-state index contributed by atoms with van der Waals surface area (Å²) in [7, 11) is -3.72. The molecule has 0 saturated carbocycles. The van der Waals surface area contributed by atoms with Gasteiger partial charge in [0, 0.05) is 29.6 Å². The molecule has 1 fully saturated rings. The van der Waals surface area contributed by atoms with Crippen LogP contribution in [-0.2, 0) is 10.0 Å². The molecule has 5 nitrogen and oxygen atoms in total. The van der Waals surface area contributed by atoms with Gasteiger partial charge in [0.25, 0.3) is 0 Å². The molecule has 1 atom stereocenters. The van der Waals surface area contributed by atoms with Gasteiger partial charge in [0.05, 0.1) is 5.56 Å². The Balaban J connectivity index is 2.43. The second-order valence-electron chi connectivity index (χ2n) is 5.28. The van der Waals surface area contributed by atoms with Crippen molar-refractivity contribution in [3.8, 4) is 6.07 Å². The van der Waals surface area contributed by atoms with E-state index in [1.165, 1.54) is 10.4 Å². The third kappa shape index (κ3) is 2.61. The minimum absolute atomic E-state index is 0.0107. The second-order valence-corrected chi connectivity index (χ2v) is 8.04. The van der Waals surface area contributed by atoms with E-state index >= 15 is 0 Å². The minimum Gasteiger partial charge on any atom is -0.396 e. The minimum atomic E-state index is -3.72. The van der Waals surface area contributed by atoms with Crippen molar-refractivity contribution in [2.24, 2.45) is 5.41 Å². The summed E-state index contributed by atoms with van der Waals surface area (Å²) >= 11 is 3.20. The van der Waals surface area contributed by atoms with Crippen LogP contribution in [0.3, 0.4) is 0 Å². The molecule has 2 rings (SSSR count). The fraction of sp³-hybridized carbons (Fsp3) is 0.462. The summed E-state index contributed by atoms with van der Waals surface area (Å²) in [5.74, 6) is 0. The summed E-state index contributed by atoms with van der Waals surface area (Å²) in [5.41, 5.74) is -0.295. The van der Waals surface area contributed by atoms with Gasteiger partial charge in [-0.2, -0.15) is 9.57 Å². The molecule has 0 spiro atoms. The molecule has 1 aliphatic rings. The van der Waals surface area contributed by atoms with Crippen molar-refractivity contribution in [3.05, 3.63) is 28.2 Å². The lowest BCUT2D eigenvalue weighted by Crippen LogP contribution is -2.33. The SMILES string of the molecule is CC1(CO)CCN(S(=O)(=O)c2cccc(Br)c2C#N)C1. The number of benzene rings is 1. The van der Waals surface area contributed by atoms with E-state index in [0.717, 1.165) is 0 Å². The van der Waals surface area contributed by atoms with Crippen molar-refractivity contribution in [1.29, 1.82) is 5.26 Å². The Morgan fingerprint density at radius 2 is 2.25 bits per heavy atom. The molecule has 1 heterocycles. The van der Waals surface area contributed by atoms with Crippen LogP contribution >= 0.6 is 15.9 Å². The van der Waals surface area contributed by atoms with Gasteiger partial charge in [0.1, 0.15) is 11.0 Å². The zero-order valence-electron chi connectivity index (χ0n) is 11.0. The molecule has 0 aliphatic carbocycles. The lowest BCUT2D eigenvalue weighted by atomic mass is 9.91. The van der Waals surface area contributed by atoms with Crippen molar-refractivity contribution in [1.82, 2.24) is 4.31 Å². The zero-order valence-corrected chi connectivity index (χ0v) is 13.4. The van der Waals surface area contributed by atoms with Crippen LogP contribution in [0.2, 0.25) is 0 Å². The van der Waals surface area contributed by atoms with E-state index in [1.807, 2.05) is 13.0 Å². The number of nitriles is 1. The van der Waals surface area contributed by atoms with Gasteiger partial charge in [-0.3, -0.25) is 0 Å². The number of nitrogens with zero attached hydrogens (tertiary/aromatic N) is 2. The highest BCUT2D eigenvalue weighted by Gasteiger charge is 2.40. The van der Waals surface area contributed by atoms with Crippen molar-refractivity contribution < 1.29 is 13.5 Å². The monoisotopic (exact) mass is 358 g/mol. The Kier molecular flexibility index (Phi) is 4.21. The highest BCUT2D eigenvalue weighted by atomic mass is 79.9. The first-order valence-electron chi connectivity index (χ1n) is 6.14. The zero-order chi connectivity index (χ0) is 15.0. The highest BCUT2D eigenvalue weighted by molar-refractivity contribution is 9.10. The molecule has 0 radical (unpaired) electrons. The number of hydrogen-bond donors (Lipinski definition) is 1. The molecule has 1 aromatic carbocycles. The summed E-state index contributed by atoms with van der Waals surface area (Å²) < 4.78 is 27.1. The fourth-order valence-corrected chi connectivity index (χ4v) is 4.62. The van der Waals surface area contributed by atoms with Gasteiger partial charge in [0.15, 0.2) is 0 Å². The molecule has 1 unspecified atom stereocenters. The first kappa shape index (κ1) is 15.4. The van der Waals surface area contributed by atoms with Crippen molar-refractivity contribution in [3.63, 3.8) is 0 Å². The Morgan fingerprint density at radius 3 is 2.80 bits per heavy atom. The molecule has 1 aliphatic heterocycles. The molecule has 0 bridgehead atoms. The van der Waals surface area contributed by atoms with Crippen molar-refractivity contribution >= 4 is 26.0 Å². The topological polar surface area (TPSA) is 81.4 Å². The van der Waals surface area contributed by atoms with Crippen LogP contribution in [0.5, 0.6) is 0 Å². The van der Waals surface area contributed by atoms with E-state index in [4.69, 9.17) is 5.26 Å². The van der Waals surface area contributed by atoms with Crippen LogP contribution in [0, 0.1) is 16.7 Å². The summed E-state index contributed by atoms with van der Waals surface area (Å²) in [6, 6.07) is 6.60. The Bertz CT molecular complexity index is 669. The summed E-state index contributed by atoms with van der Waals surface area (Å²) in [6.07, 6.45) is 0.610. The molecule has 1 aromatic rings. The fourth-order valence-electron chi connectivity index (χ4n) is 2.28. The van der Waals surface area contributed by atoms with E-state index < -0.39 is 15.4 Å². The maximum atomic E-state index is 12.6. The van der Waals surface area contributed by atoms with Crippen LogP contribution in [0.4, 0.5) is 0 Å². The number of hydrogen-bond acceptors (Lipinski definition) is 4. The van der Waals surface area contributed by atoms with E-state index in [9.17, 15) is 13.5 Å². The Labute approximate surface area is 127 Å². The largest absolute Gasteiger partial charge is 0.396 e. The van der Waals surface area contributed by atoms with Gasteiger partial charge >= 0.3 is 0 Å². The summed E-state index contributed by atoms with van der Waals surface area (Å²) in [4.78, 5) is 0.0107. The first-order chi connectivity index (χ1) is 9.34. The van der Waals surface area contributed by atoms with Crippen LogP contribution in [-0.4, -0.2) is 37.5 Å². The molecule has 0 amide bonds. The number of halogens is 1. The maximum Gasteiger partial charge on any atom is 0.244 e. The molecule has 0 aromatic heterocycles. The van der Waals surface area contributed by atoms with Gasteiger partial charge in [-0.1, -0.05) is 13.0 Å². The Morgan fingerprint density at radius 1 is 1.55 bits per heavy atom. The predicted octanol–water partition coefficient (Wildman–Crippen LogP) is 1.71. The molecule has 1 saturated heterocycles. The predicted molar refractivity (Wildman–Crippen MR) is 77.4 cm³/mol. The van der Waals surface area contributed by atoms with Gasteiger partial charge in [-0.25, -0.2) is 8.42 Å². The van der Waals surface area contributed by atoms with E-state index in [-0.39, 0.29) is 23.6 Å². The lowest BCUT2D eigenvalue weighted by molar-refractivity contribution is 0.155. The van der Waals surface area contributed by atoms with Crippen LogP contribution in [0.15, 0.2) is 27.6 Å². The van der Waals surface area contributed by atoms with Gasteiger partial charge in [-0.05, 0) is 34.5 Å². The van der Waals surface area contributed by atoms with Gasteiger partial charge in [0.2, 0.25) is 10.0 Å². The molecular formula is C13H15BrN2O3S. The van der Waals surface area contributed by atoms with Crippen LogP contribution in [0.25, 0.3) is 0 Å². The van der Waals surface area contributed by atoms with Crippen LogP contribution < -0.4 is 0 Å². The number of sulfonamides is 1. The average molecular weight is 359 g/mol. The normalized spacial score (nSPS) is 23.7. The third-order valence-corrected chi connectivity index (χ3v) is 6.16. The summed E-state index contributed by atoms with van der Waals surface area (Å²) in [5, 5.41) is 18.5. The smallest absolute Gasteiger partial charge is 0.244 e. The number of aliphatic hydroxyl groups excluding tert-OH is 1. The molecule has 1 N–H and O–H groups in total. The molecular weight excluding hydrogens is 344 g/mol. The van der Waals surface area contributed by atoms with Gasteiger partial charge < -0.3 is 5.11 Å². The maximum absolute atomic E-state index is 12.6. The van der Waals surface area contributed by atoms with E-state index in [2.05, 4.69) is 15.9 Å². The summed E-state index contributed by atoms with van der Waals surface area (Å²) in [6.45, 7) is 2.43. The molecule has 108 valence electrons. The second kappa shape index (κ2) is 5.45. The van der Waals surface area contributed by atoms with E-state index in [0.29, 0.717) is 17.4 Å². The van der Waals surface area contributed by atoms with E-state index in [1.54, 1.807) is 12.1 Å². The first-order valence-corrected chi connectivity index (χ1v) is 8.37. The highest BCUT2D eigenvalue weighted by Crippen LogP contribution is 2.34. The Hall–Kier alpha value is -0.940. The third-order valence-electron chi connectivity index (χ3n) is 3.61. The van der Waals surface area contributed by atoms with Crippen LogP contribution in [0.1, 0.15) is 18.9 Å². The standard InChI is InChI=1S/C13H15BrN2O3S/c1-13(9-17)5-6-16(8-13)20(18,19)12-4-2-3-11(14)10(12)7-15/h2-4,17H,5-6,8-9H2,1H3. The average Bonchev–Trinajstić information content (AvgIpc) is 2.82. The van der Waals surface area contributed by atoms with Gasteiger partial charge in [-0.15, -0.1) is 0 Å².